The topological polar surface area (TPSA) is 86.8 Å². The number of rotatable bonds is 10. The van der Waals surface area contributed by atoms with Gasteiger partial charge in [-0.1, -0.05) is 48.3 Å². The van der Waals surface area contributed by atoms with E-state index in [0.717, 1.165) is 10.6 Å². The number of halogens is 3. The van der Waals surface area contributed by atoms with Crippen LogP contribution in [0.2, 0.25) is 10.0 Å². The number of hydrogen-bond acceptors (Lipinski definition) is 4. The second-order valence-corrected chi connectivity index (χ2v) is 10.8. The fourth-order valence-electron chi connectivity index (χ4n) is 3.37. The van der Waals surface area contributed by atoms with Crippen LogP contribution < -0.4 is 9.62 Å². The Labute approximate surface area is 209 Å². The van der Waals surface area contributed by atoms with Gasteiger partial charge in [-0.3, -0.25) is 13.9 Å². The maximum atomic E-state index is 13.5. The Morgan fingerprint density at radius 3 is 2.24 bits per heavy atom. The predicted octanol–water partition coefficient (Wildman–Crippen LogP) is 4.23. The molecule has 0 spiro atoms. The van der Waals surface area contributed by atoms with Crippen LogP contribution in [0.4, 0.5) is 10.1 Å². The average Bonchev–Trinajstić information content (AvgIpc) is 2.74. The van der Waals surface area contributed by atoms with Gasteiger partial charge >= 0.3 is 0 Å². The number of anilines is 1. The molecule has 7 nitrogen and oxygen atoms in total. The van der Waals surface area contributed by atoms with E-state index in [9.17, 15) is 22.4 Å². The summed E-state index contributed by atoms with van der Waals surface area (Å²) >= 11 is 12.3. The van der Waals surface area contributed by atoms with Crippen molar-refractivity contribution in [1.29, 1.82) is 0 Å². The normalized spacial score (nSPS) is 12.4. The van der Waals surface area contributed by atoms with Crippen LogP contribution >= 0.6 is 23.2 Å². The molecule has 0 fully saturated rings. The Balaban J connectivity index is 2.48. The number of amides is 2. The third-order valence-corrected chi connectivity index (χ3v) is 6.90. The van der Waals surface area contributed by atoms with Crippen molar-refractivity contribution in [3.05, 3.63) is 63.9 Å². The SMILES string of the molecule is CCC(C(=O)NC(C)C)N(Cc1ccc(F)cc1)C(=O)CN(c1cccc(Cl)c1Cl)S(C)(=O)=O. The molecular formula is C23H28Cl2FN3O4S. The number of carbonyl (C=O) groups excluding carboxylic acids is 2. The Hall–Kier alpha value is -2.36. The summed E-state index contributed by atoms with van der Waals surface area (Å²) in [7, 11) is -3.94. The lowest BCUT2D eigenvalue weighted by Crippen LogP contribution is -2.53. The monoisotopic (exact) mass is 531 g/mol. The first-order chi connectivity index (χ1) is 15.8. The quantitative estimate of drug-likeness (QED) is 0.496. The van der Waals surface area contributed by atoms with Crippen LogP contribution in [0.5, 0.6) is 0 Å². The van der Waals surface area contributed by atoms with E-state index in [1.165, 1.54) is 47.4 Å². The molecule has 0 radical (unpaired) electrons. The summed E-state index contributed by atoms with van der Waals surface area (Å²) in [6.45, 7) is 4.71. The van der Waals surface area contributed by atoms with Gasteiger partial charge in [0.1, 0.15) is 18.4 Å². The minimum absolute atomic E-state index is 0.0166. The molecular weight excluding hydrogens is 504 g/mol. The van der Waals surface area contributed by atoms with Crippen LogP contribution in [-0.2, 0) is 26.2 Å². The highest BCUT2D eigenvalue weighted by Gasteiger charge is 2.32. The molecule has 1 N–H and O–H groups in total. The van der Waals surface area contributed by atoms with Crippen molar-refractivity contribution in [3.8, 4) is 0 Å². The van der Waals surface area contributed by atoms with Gasteiger partial charge in [0, 0.05) is 12.6 Å². The van der Waals surface area contributed by atoms with Crippen LogP contribution in [0.1, 0.15) is 32.8 Å². The molecule has 0 aromatic heterocycles. The molecule has 186 valence electrons. The van der Waals surface area contributed by atoms with Gasteiger partial charge < -0.3 is 10.2 Å². The summed E-state index contributed by atoms with van der Waals surface area (Å²) < 4.78 is 39.5. The van der Waals surface area contributed by atoms with Crippen LogP contribution in [0.15, 0.2) is 42.5 Å². The van der Waals surface area contributed by atoms with Crippen molar-refractivity contribution in [1.82, 2.24) is 10.2 Å². The van der Waals surface area contributed by atoms with Gasteiger partial charge in [-0.05, 0) is 50.1 Å². The van der Waals surface area contributed by atoms with E-state index in [4.69, 9.17) is 23.2 Å². The highest BCUT2D eigenvalue weighted by Crippen LogP contribution is 2.33. The third kappa shape index (κ3) is 7.32. The van der Waals surface area contributed by atoms with Gasteiger partial charge in [-0.15, -0.1) is 0 Å². The average molecular weight is 532 g/mol. The van der Waals surface area contributed by atoms with Gasteiger partial charge in [-0.25, -0.2) is 12.8 Å². The number of nitrogens with one attached hydrogen (secondary N) is 1. The molecule has 1 atom stereocenters. The Morgan fingerprint density at radius 1 is 1.09 bits per heavy atom. The molecule has 0 saturated heterocycles. The van der Waals surface area contributed by atoms with E-state index in [1.807, 2.05) is 0 Å². The zero-order chi connectivity index (χ0) is 25.6. The highest BCUT2D eigenvalue weighted by molar-refractivity contribution is 7.92. The molecule has 0 aliphatic rings. The largest absolute Gasteiger partial charge is 0.352 e. The van der Waals surface area contributed by atoms with Gasteiger partial charge in [-0.2, -0.15) is 0 Å². The number of nitrogens with zero attached hydrogens (tertiary/aromatic N) is 2. The zero-order valence-corrected chi connectivity index (χ0v) is 21.7. The summed E-state index contributed by atoms with van der Waals surface area (Å²) in [6.07, 6.45) is 1.23. The summed E-state index contributed by atoms with van der Waals surface area (Å²) in [4.78, 5) is 27.7. The molecule has 2 amide bonds. The highest BCUT2D eigenvalue weighted by atomic mass is 35.5. The smallest absolute Gasteiger partial charge is 0.244 e. The first-order valence-corrected chi connectivity index (χ1v) is 13.2. The van der Waals surface area contributed by atoms with Crippen molar-refractivity contribution in [2.24, 2.45) is 0 Å². The van der Waals surface area contributed by atoms with E-state index in [0.29, 0.717) is 5.56 Å². The van der Waals surface area contributed by atoms with Crippen molar-refractivity contribution in [3.63, 3.8) is 0 Å². The van der Waals surface area contributed by atoms with Crippen molar-refractivity contribution in [2.75, 3.05) is 17.1 Å². The lowest BCUT2D eigenvalue weighted by atomic mass is 10.1. The number of benzene rings is 2. The Bertz CT molecular complexity index is 1130. The molecule has 0 aliphatic carbocycles. The van der Waals surface area contributed by atoms with Crippen molar-refractivity contribution >= 4 is 50.7 Å². The van der Waals surface area contributed by atoms with Gasteiger partial charge in [0.2, 0.25) is 21.8 Å². The molecule has 0 bridgehead atoms. The van der Waals surface area contributed by atoms with Crippen molar-refractivity contribution in [2.45, 2.75) is 45.8 Å². The van der Waals surface area contributed by atoms with E-state index in [1.54, 1.807) is 20.8 Å². The molecule has 2 rings (SSSR count). The maximum absolute atomic E-state index is 13.5. The van der Waals surface area contributed by atoms with Gasteiger partial charge in [0.25, 0.3) is 0 Å². The standard InChI is InChI=1S/C23H28Cl2FN3O4S/c1-5-19(23(31)27-15(2)3)28(13-16-9-11-17(26)12-10-16)21(30)14-29(34(4,32)33)20-8-6-7-18(24)22(20)25/h6-12,15,19H,5,13-14H2,1-4H3,(H,27,31). The third-order valence-electron chi connectivity index (χ3n) is 4.96. The van der Waals surface area contributed by atoms with E-state index >= 15 is 0 Å². The molecule has 0 aliphatic heterocycles. The Morgan fingerprint density at radius 2 is 1.71 bits per heavy atom. The number of carbonyl (C=O) groups is 2. The number of hydrogen-bond donors (Lipinski definition) is 1. The molecule has 1 unspecified atom stereocenters. The van der Waals surface area contributed by atoms with E-state index < -0.39 is 34.3 Å². The molecule has 0 saturated carbocycles. The Kier molecular flexibility index (Phi) is 9.73. The van der Waals surface area contributed by atoms with Crippen LogP contribution in [-0.4, -0.2) is 50.0 Å². The van der Waals surface area contributed by atoms with Crippen LogP contribution in [0, 0.1) is 5.82 Å². The van der Waals surface area contributed by atoms with Gasteiger partial charge in [0.05, 0.1) is 22.0 Å². The molecule has 0 heterocycles. The fraction of sp³-hybridized carbons (Fsp3) is 0.391. The molecule has 2 aromatic rings. The summed E-state index contributed by atoms with van der Waals surface area (Å²) in [5.74, 6) is -1.44. The zero-order valence-electron chi connectivity index (χ0n) is 19.4. The van der Waals surface area contributed by atoms with Crippen molar-refractivity contribution < 1.29 is 22.4 Å². The minimum Gasteiger partial charge on any atom is -0.352 e. The van der Waals surface area contributed by atoms with Crippen LogP contribution in [0.25, 0.3) is 0 Å². The molecule has 34 heavy (non-hydrogen) atoms. The van der Waals surface area contributed by atoms with E-state index in [-0.39, 0.29) is 40.6 Å². The van der Waals surface area contributed by atoms with Crippen LogP contribution in [0.3, 0.4) is 0 Å². The molecule has 2 aromatic carbocycles. The first kappa shape index (κ1) is 27.9. The van der Waals surface area contributed by atoms with Gasteiger partial charge in [0.15, 0.2) is 0 Å². The lowest BCUT2D eigenvalue weighted by molar-refractivity contribution is -0.140. The summed E-state index contributed by atoms with van der Waals surface area (Å²) in [6, 6.07) is 8.93. The summed E-state index contributed by atoms with van der Waals surface area (Å²) in [5.41, 5.74) is 0.628. The minimum atomic E-state index is -3.94. The molecule has 11 heteroatoms. The summed E-state index contributed by atoms with van der Waals surface area (Å²) in [5, 5.41) is 2.91. The second kappa shape index (κ2) is 11.9. The van der Waals surface area contributed by atoms with E-state index in [2.05, 4.69) is 5.32 Å². The first-order valence-electron chi connectivity index (χ1n) is 10.6. The second-order valence-electron chi connectivity index (χ2n) is 8.08. The predicted molar refractivity (Wildman–Crippen MR) is 133 cm³/mol. The number of sulfonamides is 1. The maximum Gasteiger partial charge on any atom is 0.244 e. The fourth-order valence-corrected chi connectivity index (χ4v) is 4.67. The lowest BCUT2D eigenvalue weighted by Gasteiger charge is -2.33.